The fraction of sp³-hybridized carbons (Fsp3) is 0.150. The third kappa shape index (κ3) is 4.13. The second kappa shape index (κ2) is 8.29. The van der Waals surface area contributed by atoms with Crippen LogP contribution in [0.15, 0.2) is 48.1 Å². The molecule has 3 aromatic heterocycles. The van der Waals surface area contributed by atoms with Gasteiger partial charge in [-0.3, -0.25) is 4.68 Å². The molecule has 4 rings (SSSR count). The van der Waals surface area contributed by atoms with Gasteiger partial charge in [0.25, 0.3) is 0 Å². The zero-order valence-electron chi connectivity index (χ0n) is 16.2. The summed E-state index contributed by atoms with van der Waals surface area (Å²) in [7, 11) is 1.60. The zero-order valence-corrected chi connectivity index (χ0v) is 17.1. The molecular weight excluding hydrogens is 404 g/mol. The van der Waals surface area contributed by atoms with Crippen molar-refractivity contribution in [3.8, 4) is 17.0 Å². The van der Waals surface area contributed by atoms with Crippen molar-refractivity contribution in [2.45, 2.75) is 13.5 Å². The molecule has 2 N–H and O–H groups in total. The van der Waals surface area contributed by atoms with Crippen LogP contribution in [0.3, 0.4) is 0 Å². The quantitative estimate of drug-likeness (QED) is 0.464. The molecule has 4 aromatic rings. The van der Waals surface area contributed by atoms with E-state index in [-0.39, 0.29) is 5.69 Å². The van der Waals surface area contributed by atoms with Gasteiger partial charge in [-0.05, 0) is 30.7 Å². The van der Waals surface area contributed by atoms with E-state index >= 15 is 0 Å². The highest BCUT2D eigenvalue weighted by molar-refractivity contribution is 7.14. The fourth-order valence-electron chi connectivity index (χ4n) is 2.88. The van der Waals surface area contributed by atoms with Crippen molar-refractivity contribution in [1.82, 2.24) is 24.7 Å². The molecule has 0 radical (unpaired) electrons. The molecule has 0 aliphatic rings. The topological polar surface area (TPSA) is 115 Å². The molecule has 0 fully saturated rings. The second-order valence-electron chi connectivity index (χ2n) is 6.40. The van der Waals surface area contributed by atoms with E-state index in [1.165, 1.54) is 22.2 Å². The van der Waals surface area contributed by atoms with Gasteiger partial charge < -0.3 is 15.2 Å². The molecule has 152 valence electrons. The number of hydrogen-bond acceptors (Lipinski definition) is 8. The smallest absolute Gasteiger partial charge is 0.354 e. The van der Waals surface area contributed by atoms with E-state index in [0.717, 1.165) is 17.0 Å². The Morgan fingerprint density at radius 1 is 1.23 bits per heavy atom. The molecule has 30 heavy (non-hydrogen) atoms. The number of aromatic carboxylic acids is 1. The molecule has 0 unspecified atom stereocenters. The van der Waals surface area contributed by atoms with Crippen LogP contribution in [-0.2, 0) is 6.54 Å². The molecular formula is C20H18N6O3S. The molecule has 0 saturated carbocycles. The summed E-state index contributed by atoms with van der Waals surface area (Å²) in [4.78, 5) is 24.9. The Kier molecular flexibility index (Phi) is 5.40. The van der Waals surface area contributed by atoms with Gasteiger partial charge in [0.05, 0.1) is 31.1 Å². The highest BCUT2D eigenvalue weighted by Gasteiger charge is 2.21. The molecule has 0 amide bonds. The molecule has 0 saturated heterocycles. The summed E-state index contributed by atoms with van der Waals surface area (Å²) in [6.45, 7) is 2.19. The minimum Gasteiger partial charge on any atom is -0.497 e. The number of ether oxygens (including phenoxy) is 1. The van der Waals surface area contributed by atoms with E-state index in [0.29, 0.717) is 28.9 Å². The first-order valence-electron chi connectivity index (χ1n) is 8.98. The maximum absolute atomic E-state index is 12.0. The van der Waals surface area contributed by atoms with E-state index in [1.807, 2.05) is 31.2 Å². The number of methoxy groups -OCH3 is 1. The highest BCUT2D eigenvalue weighted by atomic mass is 32.1. The second-order valence-corrected chi connectivity index (χ2v) is 7.26. The largest absolute Gasteiger partial charge is 0.497 e. The summed E-state index contributed by atoms with van der Waals surface area (Å²) >= 11 is 1.34. The van der Waals surface area contributed by atoms with Crippen molar-refractivity contribution in [2.24, 2.45) is 0 Å². The van der Waals surface area contributed by atoms with Crippen molar-refractivity contribution in [2.75, 3.05) is 12.4 Å². The molecule has 0 aliphatic heterocycles. The lowest BCUT2D eigenvalue weighted by Crippen LogP contribution is -2.12. The van der Waals surface area contributed by atoms with Gasteiger partial charge in [0, 0.05) is 17.3 Å². The highest BCUT2D eigenvalue weighted by Crippen LogP contribution is 2.29. The molecule has 1 aromatic carbocycles. The number of hydrogen-bond donors (Lipinski definition) is 2. The van der Waals surface area contributed by atoms with E-state index in [1.54, 1.807) is 24.8 Å². The molecule has 3 heterocycles. The summed E-state index contributed by atoms with van der Waals surface area (Å²) in [5, 5.41) is 19.5. The molecule has 0 atom stereocenters. The number of aromatic nitrogens is 5. The van der Waals surface area contributed by atoms with Gasteiger partial charge in [0.2, 0.25) is 5.95 Å². The molecule has 0 bridgehead atoms. The Balaban J connectivity index is 1.60. The maximum atomic E-state index is 12.0. The lowest BCUT2D eigenvalue weighted by atomic mass is 10.2. The lowest BCUT2D eigenvalue weighted by Gasteiger charge is -2.07. The first-order valence-corrected chi connectivity index (χ1v) is 9.86. The van der Waals surface area contributed by atoms with E-state index in [4.69, 9.17) is 4.74 Å². The average Bonchev–Trinajstić information content (AvgIpc) is 3.35. The Labute approximate surface area is 176 Å². The number of benzene rings is 1. The number of anilines is 2. The molecule has 9 nitrogen and oxygen atoms in total. The average molecular weight is 422 g/mol. The number of carboxylic acid groups (broad SMARTS) is 1. The number of carboxylic acids is 1. The normalized spacial score (nSPS) is 10.7. The summed E-state index contributed by atoms with van der Waals surface area (Å²) in [6.07, 6.45) is 3.18. The van der Waals surface area contributed by atoms with Crippen LogP contribution in [0.4, 0.5) is 11.1 Å². The Hall–Kier alpha value is -3.79. The van der Waals surface area contributed by atoms with Gasteiger partial charge >= 0.3 is 5.97 Å². The van der Waals surface area contributed by atoms with Gasteiger partial charge in [-0.15, -0.1) is 11.3 Å². The molecule has 10 heteroatoms. The summed E-state index contributed by atoms with van der Waals surface area (Å²) in [6, 6.07) is 9.20. The van der Waals surface area contributed by atoms with Crippen LogP contribution in [0.25, 0.3) is 11.3 Å². The first kappa shape index (κ1) is 19.5. The van der Waals surface area contributed by atoms with Gasteiger partial charge in [0.15, 0.2) is 10.8 Å². The zero-order chi connectivity index (χ0) is 21.1. The Morgan fingerprint density at radius 3 is 2.73 bits per heavy atom. The number of rotatable bonds is 7. The van der Waals surface area contributed by atoms with Gasteiger partial charge in [0.1, 0.15) is 5.75 Å². The third-order valence-electron chi connectivity index (χ3n) is 4.33. The van der Waals surface area contributed by atoms with Crippen molar-refractivity contribution in [3.63, 3.8) is 0 Å². The number of carbonyl (C=O) groups is 1. The predicted molar refractivity (Wildman–Crippen MR) is 112 cm³/mol. The van der Waals surface area contributed by atoms with E-state index in [2.05, 4.69) is 25.4 Å². The third-order valence-corrected chi connectivity index (χ3v) is 5.08. The minimum absolute atomic E-state index is 0.0782. The Morgan fingerprint density at radius 2 is 2.03 bits per heavy atom. The van der Waals surface area contributed by atoms with Crippen molar-refractivity contribution >= 4 is 28.4 Å². The minimum atomic E-state index is -1.07. The molecule has 0 aliphatic carbocycles. The maximum Gasteiger partial charge on any atom is 0.354 e. The SMILES string of the molecule is COc1ccc(Cn2ncc(-c3csc(Nc4nccc(C)n4)n3)c2C(=O)O)cc1. The van der Waals surface area contributed by atoms with Crippen LogP contribution in [0.1, 0.15) is 21.7 Å². The van der Waals surface area contributed by atoms with Crippen molar-refractivity contribution in [1.29, 1.82) is 0 Å². The van der Waals surface area contributed by atoms with Gasteiger partial charge in [-0.1, -0.05) is 12.1 Å². The summed E-state index contributed by atoms with van der Waals surface area (Å²) < 4.78 is 6.61. The van der Waals surface area contributed by atoms with Gasteiger partial charge in [-0.25, -0.2) is 19.7 Å². The van der Waals surface area contributed by atoms with Crippen LogP contribution < -0.4 is 10.1 Å². The van der Waals surface area contributed by atoms with Crippen molar-refractivity contribution < 1.29 is 14.6 Å². The van der Waals surface area contributed by atoms with Crippen LogP contribution in [-0.4, -0.2) is 42.9 Å². The predicted octanol–water partition coefficient (Wildman–Crippen LogP) is 3.60. The summed E-state index contributed by atoms with van der Waals surface area (Å²) in [5.41, 5.74) is 2.79. The van der Waals surface area contributed by atoms with Crippen LogP contribution in [0.2, 0.25) is 0 Å². The monoisotopic (exact) mass is 422 g/mol. The number of thiazole rings is 1. The number of aryl methyl sites for hydroxylation is 1. The fourth-order valence-corrected chi connectivity index (χ4v) is 3.59. The van der Waals surface area contributed by atoms with E-state index in [9.17, 15) is 9.90 Å². The summed E-state index contributed by atoms with van der Waals surface area (Å²) in [5.74, 6) is 0.101. The van der Waals surface area contributed by atoms with Crippen molar-refractivity contribution in [3.05, 3.63) is 65.1 Å². The van der Waals surface area contributed by atoms with Crippen LogP contribution in [0, 0.1) is 6.92 Å². The number of nitrogens with zero attached hydrogens (tertiary/aromatic N) is 5. The van der Waals surface area contributed by atoms with Gasteiger partial charge in [-0.2, -0.15) is 5.10 Å². The standard InChI is InChI=1S/C20H18N6O3S/c1-12-7-8-21-19(23-12)25-20-24-16(11-30-20)15-9-22-26(17(15)18(27)28)10-13-3-5-14(29-2)6-4-13/h3-9,11H,10H2,1-2H3,(H,27,28)(H,21,23,24,25). The van der Waals surface area contributed by atoms with Crippen LogP contribution >= 0.6 is 11.3 Å². The first-order chi connectivity index (χ1) is 14.5. The lowest BCUT2D eigenvalue weighted by molar-refractivity contribution is 0.0685. The number of nitrogens with one attached hydrogen (secondary N) is 1. The molecule has 0 spiro atoms. The Bertz CT molecular complexity index is 1190. The van der Waals surface area contributed by atoms with E-state index < -0.39 is 5.97 Å². The van der Waals surface area contributed by atoms with Crippen LogP contribution in [0.5, 0.6) is 5.75 Å².